The molecule has 0 amide bonds. The predicted molar refractivity (Wildman–Crippen MR) is 93.0 cm³/mol. The molecular weight excluding hydrogens is 356 g/mol. The van der Waals surface area contributed by atoms with Gasteiger partial charge in [-0.25, -0.2) is 0 Å². The molecule has 1 aromatic carbocycles. The average molecular weight is 374 g/mol. The molecule has 0 bridgehead atoms. The third-order valence-corrected chi connectivity index (χ3v) is 5.02. The van der Waals surface area contributed by atoms with Crippen molar-refractivity contribution < 1.29 is 0 Å². The van der Waals surface area contributed by atoms with Gasteiger partial charge in [0.05, 0.1) is 17.3 Å². The van der Waals surface area contributed by atoms with Crippen molar-refractivity contribution in [3.63, 3.8) is 0 Å². The summed E-state index contributed by atoms with van der Waals surface area (Å²) in [6.45, 7) is 4.76. The molecule has 2 rings (SSSR count). The Morgan fingerprint density at radius 2 is 2.20 bits per heavy atom. The van der Waals surface area contributed by atoms with E-state index in [1.807, 2.05) is 12.1 Å². The van der Waals surface area contributed by atoms with Crippen LogP contribution in [-0.4, -0.2) is 13.6 Å². The van der Waals surface area contributed by atoms with Crippen LogP contribution in [0.3, 0.4) is 0 Å². The summed E-state index contributed by atoms with van der Waals surface area (Å²) in [6.07, 6.45) is 0. The van der Waals surface area contributed by atoms with Crippen LogP contribution in [0.25, 0.3) is 0 Å². The summed E-state index contributed by atoms with van der Waals surface area (Å²) in [5, 5.41) is 6.28. The smallest absolute Gasteiger partial charge is 0.0642 e. The van der Waals surface area contributed by atoms with Crippen molar-refractivity contribution in [2.75, 3.05) is 18.5 Å². The second-order valence-electron chi connectivity index (χ2n) is 4.62. The van der Waals surface area contributed by atoms with Crippen LogP contribution in [0.5, 0.6) is 0 Å². The van der Waals surface area contributed by atoms with Gasteiger partial charge in [-0.2, -0.15) is 0 Å². The lowest BCUT2D eigenvalue weighted by atomic mass is 10.1. The molecule has 5 heteroatoms. The molecule has 1 heterocycles. The van der Waals surface area contributed by atoms with Crippen LogP contribution in [0.2, 0.25) is 5.02 Å². The molecule has 0 spiro atoms. The minimum atomic E-state index is 0.804. The molecule has 1 aromatic heterocycles. The van der Waals surface area contributed by atoms with Gasteiger partial charge in [0.1, 0.15) is 0 Å². The van der Waals surface area contributed by atoms with E-state index in [2.05, 4.69) is 57.6 Å². The van der Waals surface area contributed by atoms with Crippen molar-refractivity contribution in [1.29, 1.82) is 0 Å². The lowest BCUT2D eigenvalue weighted by Crippen LogP contribution is -2.20. The number of nitrogens with zero attached hydrogens (tertiary/aromatic N) is 1. The topological polar surface area (TPSA) is 15.3 Å². The fourth-order valence-corrected chi connectivity index (χ4v) is 3.98. The van der Waals surface area contributed by atoms with Crippen molar-refractivity contribution in [3.8, 4) is 0 Å². The summed E-state index contributed by atoms with van der Waals surface area (Å²) < 4.78 is 1.14. The Bertz CT molecular complexity index is 571. The van der Waals surface area contributed by atoms with Gasteiger partial charge in [0.2, 0.25) is 0 Å². The van der Waals surface area contributed by atoms with Gasteiger partial charge in [0.15, 0.2) is 0 Å². The van der Waals surface area contributed by atoms with Crippen LogP contribution in [0.1, 0.15) is 17.4 Å². The van der Waals surface area contributed by atoms with Gasteiger partial charge < -0.3 is 10.2 Å². The molecule has 0 aliphatic carbocycles. The Morgan fingerprint density at radius 3 is 2.85 bits per heavy atom. The summed E-state index contributed by atoms with van der Waals surface area (Å²) in [6, 6.07) is 8.24. The van der Waals surface area contributed by atoms with Crippen LogP contribution in [0.15, 0.2) is 34.1 Å². The Balaban J connectivity index is 2.21. The Kier molecular flexibility index (Phi) is 5.90. The minimum Gasteiger partial charge on any atom is -0.368 e. The van der Waals surface area contributed by atoms with Gasteiger partial charge in [-0.15, -0.1) is 11.3 Å². The molecule has 0 fully saturated rings. The summed E-state index contributed by atoms with van der Waals surface area (Å²) in [4.78, 5) is 3.53. The number of para-hydroxylation sites is 1. The maximum absolute atomic E-state index is 6.40. The monoisotopic (exact) mass is 372 g/mol. The maximum atomic E-state index is 6.40. The number of thiophene rings is 1. The number of hydrogen-bond donors (Lipinski definition) is 1. The first-order chi connectivity index (χ1) is 9.61. The molecule has 0 aliphatic rings. The van der Waals surface area contributed by atoms with E-state index in [0.29, 0.717) is 0 Å². The fraction of sp³-hybridized carbons (Fsp3) is 0.333. The molecule has 20 heavy (non-hydrogen) atoms. The van der Waals surface area contributed by atoms with Crippen molar-refractivity contribution in [2.24, 2.45) is 0 Å². The second-order valence-corrected chi connectivity index (χ2v) is 6.93. The summed E-state index contributed by atoms with van der Waals surface area (Å²) in [5.41, 5.74) is 2.34. The molecule has 0 saturated carbocycles. The molecule has 108 valence electrons. The number of benzene rings is 1. The predicted octanol–water partition coefficient (Wildman–Crippen LogP) is 4.91. The zero-order valence-corrected chi connectivity index (χ0v) is 14.8. The van der Waals surface area contributed by atoms with Crippen LogP contribution < -0.4 is 10.2 Å². The zero-order valence-electron chi connectivity index (χ0n) is 11.6. The van der Waals surface area contributed by atoms with Crippen LogP contribution >= 0.6 is 38.9 Å². The molecule has 0 unspecified atom stereocenters. The summed E-state index contributed by atoms with van der Waals surface area (Å²) in [5.74, 6) is 0. The molecule has 2 aromatic rings. The van der Waals surface area contributed by atoms with Gasteiger partial charge in [0.25, 0.3) is 0 Å². The first-order valence-corrected chi connectivity index (χ1v) is 8.59. The van der Waals surface area contributed by atoms with E-state index in [1.165, 1.54) is 10.4 Å². The van der Waals surface area contributed by atoms with Gasteiger partial charge in [-0.05, 0) is 40.2 Å². The zero-order chi connectivity index (χ0) is 14.5. The van der Waals surface area contributed by atoms with E-state index in [1.54, 1.807) is 11.3 Å². The highest BCUT2D eigenvalue weighted by molar-refractivity contribution is 9.10. The van der Waals surface area contributed by atoms with Crippen molar-refractivity contribution in [3.05, 3.63) is 49.6 Å². The molecule has 2 nitrogen and oxygen atoms in total. The van der Waals surface area contributed by atoms with Crippen molar-refractivity contribution in [1.82, 2.24) is 5.32 Å². The minimum absolute atomic E-state index is 0.804. The quantitative estimate of drug-likeness (QED) is 0.774. The highest BCUT2D eigenvalue weighted by Gasteiger charge is 2.12. The van der Waals surface area contributed by atoms with E-state index in [4.69, 9.17) is 11.6 Å². The SMILES string of the molecule is CCNCc1cccc(Cl)c1N(C)Cc1cc(Br)cs1. The molecular formula is C15H18BrClN2S. The van der Waals surface area contributed by atoms with Gasteiger partial charge in [-0.1, -0.05) is 30.7 Å². The van der Waals surface area contributed by atoms with Crippen molar-refractivity contribution >= 4 is 44.6 Å². The Hall–Kier alpha value is -0.550. The normalized spacial score (nSPS) is 10.8. The van der Waals surface area contributed by atoms with Gasteiger partial charge >= 0.3 is 0 Å². The number of anilines is 1. The number of halogens is 2. The Labute approximate surface area is 137 Å². The first kappa shape index (κ1) is 15.8. The standard InChI is InChI=1S/C15H18BrClN2S/c1-3-18-8-11-5-4-6-14(17)15(11)19(2)9-13-7-12(16)10-20-13/h4-7,10,18H,3,8-9H2,1-2H3. The molecule has 1 N–H and O–H groups in total. The number of nitrogens with one attached hydrogen (secondary N) is 1. The Morgan fingerprint density at radius 1 is 1.40 bits per heavy atom. The van der Waals surface area contributed by atoms with E-state index < -0.39 is 0 Å². The highest BCUT2D eigenvalue weighted by Crippen LogP contribution is 2.31. The van der Waals surface area contributed by atoms with Crippen molar-refractivity contribution in [2.45, 2.75) is 20.0 Å². The highest BCUT2D eigenvalue weighted by atomic mass is 79.9. The van der Waals surface area contributed by atoms with E-state index >= 15 is 0 Å². The molecule has 0 atom stereocenters. The number of rotatable bonds is 6. The second kappa shape index (κ2) is 7.46. The molecule has 0 aliphatic heterocycles. The number of hydrogen-bond acceptors (Lipinski definition) is 3. The van der Waals surface area contributed by atoms with Gasteiger partial charge in [0, 0.05) is 28.3 Å². The van der Waals surface area contributed by atoms with Crippen LogP contribution in [0, 0.1) is 0 Å². The average Bonchev–Trinajstić information content (AvgIpc) is 2.81. The van der Waals surface area contributed by atoms with Crippen LogP contribution in [-0.2, 0) is 13.1 Å². The lowest BCUT2D eigenvalue weighted by Gasteiger charge is -2.23. The van der Waals surface area contributed by atoms with E-state index in [0.717, 1.165) is 34.8 Å². The third-order valence-electron chi connectivity index (χ3n) is 3.03. The summed E-state index contributed by atoms with van der Waals surface area (Å²) in [7, 11) is 2.09. The van der Waals surface area contributed by atoms with Crippen LogP contribution in [0.4, 0.5) is 5.69 Å². The van der Waals surface area contributed by atoms with Gasteiger partial charge in [-0.3, -0.25) is 0 Å². The largest absolute Gasteiger partial charge is 0.368 e. The first-order valence-electron chi connectivity index (χ1n) is 6.54. The maximum Gasteiger partial charge on any atom is 0.0642 e. The molecule has 0 radical (unpaired) electrons. The molecule has 0 saturated heterocycles. The van der Waals surface area contributed by atoms with E-state index in [9.17, 15) is 0 Å². The third kappa shape index (κ3) is 3.98. The van der Waals surface area contributed by atoms with E-state index in [-0.39, 0.29) is 0 Å². The summed E-state index contributed by atoms with van der Waals surface area (Å²) >= 11 is 11.7. The fourth-order valence-electron chi connectivity index (χ4n) is 2.14. The lowest BCUT2D eigenvalue weighted by molar-refractivity contribution is 0.723.